The van der Waals surface area contributed by atoms with Crippen LogP contribution in [-0.2, 0) is 0 Å². The van der Waals surface area contributed by atoms with Crippen molar-refractivity contribution in [1.82, 2.24) is 4.98 Å². The summed E-state index contributed by atoms with van der Waals surface area (Å²) in [7, 11) is 0. The van der Waals surface area contributed by atoms with Crippen molar-refractivity contribution in [3.63, 3.8) is 0 Å². The largest absolute Gasteiger partial charge is 0.256 e. The van der Waals surface area contributed by atoms with Gasteiger partial charge in [0.1, 0.15) is 0 Å². The minimum absolute atomic E-state index is 0.869. The van der Waals surface area contributed by atoms with Crippen molar-refractivity contribution in [2.45, 2.75) is 6.92 Å². The van der Waals surface area contributed by atoms with E-state index in [0.29, 0.717) is 0 Å². The molecule has 11 heavy (non-hydrogen) atoms. The van der Waals surface area contributed by atoms with Crippen LogP contribution in [0.5, 0.6) is 0 Å². The molecule has 1 nitrogen and oxygen atoms in total. The van der Waals surface area contributed by atoms with E-state index < -0.39 is 0 Å². The summed E-state index contributed by atoms with van der Waals surface area (Å²) in [5.74, 6) is 0. The highest BCUT2D eigenvalue weighted by Gasteiger charge is 1.94. The molecule has 56 valence electrons. The lowest BCUT2D eigenvalue weighted by molar-refractivity contribution is 1.25. The Kier molecular flexibility index (Phi) is 2.21. The number of rotatable bonds is 2. The Morgan fingerprint density at radius 2 is 2.36 bits per heavy atom. The monoisotopic (exact) mass is 145 g/mol. The third-order valence-electron chi connectivity index (χ3n) is 1.49. The van der Waals surface area contributed by atoms with E-state index >= 15 is 0 Å². The summed E-state index contributed by atoms with van der Waals surface area (Å²) < 4.78 is 0. The van der Waals surface area contributed by atoms with Crippen LogP contribution in [0.2, 0.25) is 0 Å². The molecule has 0 radical (unpaired) electrons. The van der Waals surface area contributed by atoms with Crippen LogP contribution in [0.25, 0.3) is 5.57 Å². The molecule has 1 aromatic rings. The summed E-state index contributed by atoms with van der Waals surface area (Å²) in [5.41, 5.74) is 2.96. The van der Waals surface area contributed by atoms with Crippen LogP contribution in [0.4, 0.5) is 0 Å². The topological polar surface area (TPSA) is 12.9 Å². The predicted octanol–water partition coefficient (Wildman–Crippen LogP) is 2.59. The third kappa shape index (κ3) is 1.77. The van der Waals surface area contributed by atoms with Gasteiger partial charge in [-0.05, 0) is 30.2 Å². The highest BCUT2D eigenvalue weighted by molar-refractivity contribution is 5.68. The standard InChI is InChI=1S/C10H11N/c1-4-9(3)10-7-8(2)5-6-11-10/h4-7H,1,3H2,2H3. The molecule has 0 aromatic carbocycles. The number of hydrogen-bond acceptors (Lipinski definition) is 1. The summed E-state index contributed by atoms with van der Waals surface area (Å²) in [6, 6.07) is 3.95. The van der Waals surface area contributed by atoms with Gasteiger partial charge in [0.15, 0.2) is 0 Å². The van der Waals surface area contributed by atoms with E-state index in [9.17, 15) is 0 Å². The summed E-state index contributed by atoms with van der Waals surface area (Å²) in [6.45, 7) is 9.46. The van der Waals surface area contributed by atoms with E-state index in [0.717, 1.165) is 11.3 Å². The van der Waals surface area contributed by atoms with Crippen molar-refractivity contribution in [3.05, 3.63) is 48.8 Å². The fourth-order valence-corrected chi connectivity index (χ4v) is 0.816. The molecular weight excluding hydrogens is 134 g/mol. The molecule has 1 aromatic heterocycles. The molecule has 0 aliphatic rings. The fraction of sp³-hybridized carbons (Fsp3) is 0.100. The SMILES string of the molecule is C=CC(=C)c1cc(C)ccn1. The van der Waals surface area contributed by atoms with E-state index in [1.165, 1.54) is 5.56 Å². The average Bonchev–Trinajstić information content (AvgIpc) is 2.03. The van der Waals surface area contributed by atoms with Gasteiger partial charge in [-0.15, -0.1) is 0 Å². The highest BCUT2D eigenvalue weighted by atomic mass is 14.7. The van der Waals surface area contributed by atoms with Gasteiger partial charge in [0.05, 0.1) is 5.69 Å². The fourth-order valence-electron chi connectivity index (χ4n) is 0.816. The van der Waals surface area contributed by atoms with Gasteiger partial charge in [-0.25, -0.2) is 0 Å². The summed E-state index contributed by atoms with van der Waals surface area (Å²) in [5, 5.41) is 0. The minimum atomic E-state index is 0.869. The molecule has 0 spiro atoms. The number of nitrogens with zero attached hydrogens (tertiary/aromatic N) is 1. The van der Waals surface area contributed by atoms with E-state index in [4.69, 9.17) is 0 Å². The second-order valence-electron chi connectivity index (χ2n) is 2.45. The van der Waals surface area contributed by atoms with Crippen LogP contribution in [0.15, 0.2) is 37.6 Å². The molecule has 0 unspecified atom stereocenters. The van der Waals surface area contributed by atoms with Crippen LogP contribution < -0.4 is 0 Å². The van der Waals surface area contributed by atoms with Crippen LogP contribution in [0.3, 0.4) is 0 Å². The van der Waals surface area contributed by atoms with Gasteiger partial charge in [-0.2, -0.15) is 0 Å². The van der Waals surface area contributed by atoms with E-state index in [1.807, 2.05) is 19.1 Å². The van der Waals surface area contributed by atoms with Gasteiger partial charge in [0.2, 0.25) is 0 Å². The maximum Gasteiger partial charge on any atom is 0.0698 e. The Morgan fingerprint density at radius 1 is 1.64 bits per heavy atom. The van der Waals surface area contributed by atoms with Gasteiger partial charge in [-0.1, -0.05) is 19.2 Å². The molecule has 1 heterocycles. The molecule has 0 saturated carbocycles. The van der Waals surface area contributed by atoms with Crippen molar-refractivity contribution in [1.29, 1.82) is 0 Å². The molecular formula is C10H11N. The molecule has 0 aliphatic heterocycles. The molecule has 0 saturated heterocycles. The number of hydrogen-bond donors (Lipinski definition) is 0. The second-order valence-corrected chi connectivity index (χ2v) is 2.45. The Bertz CT molecular complexity index is 287. The second kappa shape index (κ2) is 3.15. The first-order valence-corrected chi connectivity index (χ1v) is 3.48. The van der Waals surface area contributed by atoms with E-state index in [2.05, 4.69) is 18.1 Å². The zero-order valence-electron chi connectivity index (χ0n) is 6.67. The van der Waals surface area contributed by atoms with Gasteiger partial charge >= 0.3 is 0 Å². The van der Waals surface area contributed by atoms with Crippen molar-refractivity contribution in [3.8, 4) is 0 Å². The van der Waals surface area contributed by atoms with Crippen LogP contribution in [0, 0.1) is 6.92 Å². The molecule has 0 N–H and O–H groups in total. The minimum Gasteiger partial charge on any atom is -0.256 e. The maximum atomic E-state index is 4.14. The number of aromatic nitrogens is 1. The molecule has 0 bridgehead atoms. The van der Waals surface area contributed by atoms with Crippen molar-refractivity contribution < 1.29 is 0 Å². The Morgan fingerprint density at radius 3 is 2.91 bits per heavy atom. The predicted molar refractivity (Wildman–Crippen MR) is 48.2 cm³/mol. The molecule has 0 atom stereocenters. The van der Waals surface area contributed by atoms with E-state index in [-0.39, 0.29) is 0 Å². The molecule has 1 rings (SSSR count). The quantitative estimate of drug-likeness (QED) is 0.583. The summed E-state index contributed by atoms with van der Waals surface area (Å²) in [4.78, 5) is 4.14. The van der Waals surface area contributed by atoms with Crippen LogP contribution in [0.1, 0.15) is 11.3 Å². The third-order valence-corrected chi connectivity index (χ3v) is 1.49. The first kappa shape index (κ1) is 7.73. The number of aryl methyl sites for hydroxylation is 1. The van der Waals surface area contributed by atoms with Gasteiger partial charge < -0.3 is 0 Å². The zero-order chi connectivity index (χ0) is 8.27. The average molecular weight is 145 g/mol. The number of allylic oxidation sites excluding steroid dienone is 2. The first-order valence-electron chi connectivity index (χ1n) is 3.48. The summed E-state index contributed by atoms with van der Waals surface area (Å²) in [6.07, 6.45) is 3.49. The molecule has 0 aliphatic carbocycles. The van der Waals surface area contributed by atoms with Gasteiger partial charge in [0, 0.05) is 6.20 Å². The normalized spacial score (nSPS) is 9.18. The first-order chi connectivity index (χ1) is 5.24. The zero-order valence-corrected chi connectivity index (χ0v) is 6.67. The lowest BCUT2D eigenvalue weighted by Gasteiger charge is -1.98. The Labute approximate surface area is 67.1 Å². The smallest absolute Gasteiger partial charge is 0.0698 e. The lowest BCUT2D eigenvalue weighted by Crippen LogP contribution is -1.85. The van der Waals surface area contributed by atoms with Crippen molar-refractivity contribution in [2.24, 2.45) is 0 Å². The van der Waals surface area contributed by atoms with Crippen LogP contribution >= 0.6 is 0 Å². The van der Waals surface area contributed by atoms with E-state index in [1.54, 1.807) is 12.3 Å². The maximum absolute atomic E-state index is 4.14. The molecule has 0 amide bonds. The van der Waals surface area contributed by atoms with Gasteiger partial charge in [-0.3, -0.25) is 4.98 Å². The molecule has 0 fully saturated rings. The van der Waals surface area contributed by atoms with Crippen molar-refractivity contribution in [2.75, 3.05) is 0 Å². The summed E-state index contributed by atoms with van der Waals surface area (Å²) >= 11 is 0. The van der Waals surface area contributed by atoms with Crippen LogP contribution in [-0.4, -0.2) is 4.98 Å². The Balaban J connectivity index is 3.05. The molecule has 1 heteroatoms. The lowest BCUT2D eigenvalue weighted by atomic mass is 10.1. The highest BCUT2D eigenvalue weighted by Crippen LogP contribution is 2.10. The van der Waals surface area contributed by atoms with Gasteiger partial charge in [0.25, 0.3) is 0 Å². The Hall–Kier alpha value is -1.37. The van der Waals surface area contributed by atoms with Crippen molar-refractivity contribution >= 4 is 5.57 Å². The number of pyridine rings is 1.